The minimum absolute atomic E-state index is 0.217. The molecule has 1 aromatic rings. The molecule has 0 unspecified atom stereocenters. The summed E-state index contributed by atoms with van der Waals surface area (Å²) in [6, 6.07) is 5.01. The zero-order valence-corrected chi connectivity index (χ0v) is 10.6. The monoisotopic (exact) mass is 270 g/mol. The molecule has 0 radical (unpaired) electrons. The van der Waals surface area contributed by atoms with Gasteiger partial charge < -0.3 is 10.6 Å². The smallest absolute Gasteiger partial charge is 0.315 e. The first-order valence-electron chi connectivity index (χ1n) is 5.02. The minimum atomic E-state index is -0.281. The molecule has 90 valence electrons. The van der Waals surface area contributed by atoms with E-state index in [1.54, 1.807) is 6.07 Å². The van der Waals surface area contributed by atoms with E-state index < -0.39 is 0 Å². The van der Waals surface area contributed by atoms with Crippen LogP contribution in [0.3, 0.4) is 0 Å². The highest BCUT2D eigenvalue weighted by Crippen LogP contribution is 2.19. The van der Waals surface area contributed by atoms with Gasteiger partial charge in [0.1, 0.15) is 0 Å². The van der Waals surface area contributed by atoms with Crippen molar-refractivity contribution >= 4 is 29.2 Å². The molecule has 17 heavy (non-hydrogen) atoms. The topological polar surface area (TPSA) is 41.1 Å². The standard InChI is InChI=1S/C12H12Cl2N2O/c1-2-4-15-12(17)16-5-3-9-6-10(13)8-11(14)7-9/h1,6-8H,3-5H2,(H2,15,16,17). The van der Waals surface area contributed by atoms with Crippen molar-refractivity contribution in [3.63, 3.8) is 0 Å². The summed E-state index contributed by atoms with van der Waals surface area (Å²) >= 11 is 11.7. The Hall–Kier alpha value is -1.37. The lowest BCUT2D eigenvalue weighted by molar-refractivity contribution is 0.242. The first-order valence-corrected chi connectivity index (χ1v) is 5.77. The molecular weight excluding hydrogens is 259 g/mol. The van der Waals surface area contributed by atoms with Gasteiger partial charge in [0.2, 0.25) is 0 Å². The average molecular weight is 271 g/mol. The Balaban J connectivity index is 2.36. The first kappa shape index (κ1) is 13.7. The molecule has 3 nitrogen and oxygen atoms in total. The fourth-order valence-corrected chi connectivity index (χ4v) is 1.84. The van der Waals surface area contributed by atoms with Crippen LogP contribution in [0.1, 0.15) is 5.56 Å². The minimum Gasteiger partial charge on any atom is -0.338 e. The Labute approximate surface area is 110 Å². The number of hydrogen-bond donors (Lipinski definition) is 2. The molecule has 1 rings (SSSR count). The highest BCUT2D eigenvalue weighted by atomic mass is 35.5. The number of rotatable bonds is 4. The van der Waals surface area contributed by atoms with Gasteiger partial charge in [0.25, 0.3) is 0 Å². The number of carbonyl (C=O) groups excluding carboxylic acids is 1. The Morgan fingerprint density at radius 3 is 2.47 bits per heavy atom. The lowest BCUT2D eigenvalue weighted by Gasteiger charge is -2.06. The number of carbonyl (C=O) groups is 1. The number of halogens is 2. The Kier molecular flexibility index (Phi) is 5.68. The average Bonchev–Trinajstić information content (AvgIpc) is 2.25. The lowest BCUT2D eigenvalue weighted by Crippen LogP contribution is -2.36. The highest BCUT2D eigenvalue weighted by molar-refractivity contribution is 6.34. The van der Waals surface area contributed by atoms with Gasteiger partial charge in [-0.1, -0.05) is 29.1 Å². The zero-order valence-electron chi connectivity index (χ0n) is 9.09. The molecule has 0 fully saturated rings. The van der Waals surface area contributed by atoms with Gasteiger partial charge in [-0.15, -0.1) is 6.42 Å². The van der Waals surface area contributed by atoms with Gasteiger partial charge in [-0.25, -0.2) is 4.79 Å². The molecule has 2 N–H and O–H groups in total. The van der Waals surface area contributed by atoms with Crippen molar-refractivity contribution in [3.05, 3.63) is 33.8 Å². The van der Waals surface area contributed by atoms with E-state index in [2.05, 4.69) is 16.6 Å². The number of terminal acetylenes is 1. The van der Waals surface area contributed by atoms with Crippen molar-refractivity contribution in [1.82, 2.24) is 10.6 Å². The molecule has 0 atom stereocenters. The van der Waals surface area contributed by atoms with Crippen LogP contribution >= 0.6 is 23.2 Å². The molecule has 2 amide bonds. The van der Waals surface area contributed by atoms with Crippen LogP contribution in [0.25, 0.3) is 0 Å². The molecule has 5 heteroatoms. The van der Waals surface area contributed by atoms with Crippen LogP contribution in [0.15, 0.2) is 18.2 Å². The number of benzene rings is 1. The summed E-state index contributed by atoms with van der Waals surface area (Å²) in [6.07, 6.45) is 5.66. The van der Waals surface area contributed by atoms with E-state index in [1.807, 2.05) is 12.1 Å². The van der Waals surface area contributed by atoms with Crippen LogP contribution in [-0.4, -0.2) is 19.1 Å². The van der Waals surface area contributed by atoms with Gasteiger partial charge in [-0.3, -0.25) is 0 Å². The van der Waals surface area contributed by atoms with Crippen LogP contribution in [0.4, 0.5) is 4.79 Å². The van der Waals surface area contributed by atoms with Crippen molar-refractivity contribution in [2.24, 2.45) is 0 Å². The van der Waals surface area contributed by atoms with Crippen molar-refractivity contribution in [3.8, 4) is 12.3 Å². The first-order chi connectivity index (χ1) is 8.11. The molecule has 1 aromatic carbocycles. The summed E-state index contributed by atoms with van der Waals surface area (Å²) < 4.78 is 0. The van der Waals surface area contributed by atoms with Gasteiger partial charge in [0, 0.05) is 16.6 Å². The Morgan fingerprint density at radius 1 is 1.24 bits per heavy atom. The summed E-state index contributed by atoms with van der Waals surface area (Å²) in [5.74, 6) is 2.31. The maximum atomic E-state index is 11.2. The normalized spacial score (nSPS) is 9.47. The van der Waals surface area contributed by atoms with E-state index in [0.29, 0.717) is 23.0 Å². The number of urea groups is 1. The van der Waals surface area contributed by atoms with Crippen molar-refractivity contribution < 1.29 is 4.79 Å². The molecule has 0 heterocycles. The summed E-state index contributed by atoms with van der Waals surface area (Å²) in [5.41, 5.74) is 0.972. The van der Waals surface area contributed by atoms with Crippen LogP contribution in [-0.2, 0) is 6.42 Å². The second kappa shape index (κ2) is 7.05. The quantitative estimate of drug-likeness (QED) is 0.811. The number of nitrogens with one attached hydrogen (secondary N) is 2. The Bertz CT molecular complexity index is 420. The van der Waals surface area contributed by atoms with Gasteiger partial charge in [-0.05, 0) is 30.2 Å². The maximum absolute atomic E-state index is 11.2. The van der Waals surface area contributed by atoms with E-state index in [0.717, 1.165) is 5.56 Å². The van der Waals surface area contributed by atoms with Crippen LogP contribution in [0.5, 0.6) is 0 Å². The SMILES string of the molecule is C#CCNC(=O)NCCc1cc(Cl)cc(Cl)c1. The molecule has 0 bridgehead atoms. The predicted molar refractivity (Wildman–Crippen MR) is 70.4 cm³/mol. The van der Waals surface area contributed by atoms with E-state index in [4.69, 9.17) is 29.6 Å². The third-order valence-corrected chi connectivity index (χ3v) is 2.41. The van der Waals surface area contributed by atoms with Crippen LogP contribution in [0.2, 0.25) is 10.0 Å². The molecule has 0 aliphatic heterocycles. The molecule has 0 aromatic heterocycles. The van der Waals surface area contributed by atoms with E-state index in [-0.39, 0.29) is 12.6 Å². The summed E-state index contributed by atoms with van der Waals surface area (Å²) in [5, 5.41) is 6.35. The maximum Gasteiger partial charge on any atom is 0.315 e. The van der Waals surface area contributed by atoms with Crippen molar-refractivity contribution in [2.45, 2.75) is 6.42 Å². The lowest BCUT2D eigenvalue weighted by atomic mass is 10.1. The fraction of sp³-hybridized carbons (Fsp3) is 0.250. The number of amides is 2. The molecule has 0 spiro atoms. The molecular formula is C12H12Cl2N2O. The summed E-state index contributed by atoms with van der Waals surface area (Å²) in [7, 11) is 0. The van der Waals surface area contributed by atoms with Crippen molar-refractivity contribution in [1.29, 1.82) is 0 Å². The highest BCUT2D eigenvalue weighted by Gasteiger charge is 2.00. The van der Waals surface area contributed by atoms with Gasteiger partial charge >= 0.3 is 6.03 Å². The van der Waals surface area contributed by atoms with E-state index >= 15 is 0 Å². The molecule has 0 aliphatic carbocycles. The van der Waals surface area contributed by atoms with Crippen molar-refractivity contribution in [2.75, 3.05) is 13.1 Å². The summed E-state index contributed by atoms with van der Waals surface area (Å²) in [4.78, 5) is 11.2. The fourth-order valence-electron chi connectivity index (χ4n) is 1.27. The summed E-state index contributed by atoms with van der Waals surface area (Å²) in [6.45, 7) is 0.710. The van der Waals surface area contributed by atoms with E-state index in [1.165, 1.54) is 0 Å². The van der Waals surface area contributed by atoms with Crippen LogP contribution in [0, 0.1) is 12.3 Å². The molecule has 0 aliphatic rings. The third kappa shape index (κ3) is 5.48. The zero-order chi connectivity index (χ0) is 12.7. The molecule has 0 saturated heterocycles. The predicted octanol–water partition coefficient (Wildman–Crippen LogP) is 2.47. The van der Waals surface area contributed by atoms with Gasteiger partial charge in [0.15, 0.2) is 0 Å². The van der Waals surface area contributed by atoms with Gasteiger partial charge in [0.05, 0.1) is 6.54 Å². The largest absolute Gasteiger partial charge is 0.338 e. The van der Waals surface area contributed by atoms with E-state index in [9.17, 15) is 4.79 Å². The third-order valence-electron chi connectivity index (χ3n) is 1.97. The molecule has 0 saturated carbocycles. The Morgan fingerprint density at radius 2 is 1.88 bits per heavy atom. The second-order valence-electron chi connectivity index (χ2n) is 3.34. The second-order valence-corrected chi connectivity index (χ2v) is 4.21. The van der Waals surface area contributed by atoms with Crippen LogP contribution < -0.4 is 10.6 Å². The number of hydrogen-bond acceptors (Lipinski definition) is 1. The van der Waals surface area contributed by atoms with Gasteiger partial charge in [-0.2, -0.15) is 0 Å².